The van der Waals surface area contributed by atoms with Crippen molar-refractivity contribution < 1.29 is 18.7 Å². The van der Waals surface area contributed by atoms with E-state index in [1.54, 1.807) is 19.1 Å². The molecule has 21 heavy (non-hydrogen) atoms. The molecule has 1 saturated carbocycles. The lowest BCUT2D eigenvalue weighted by atomic mass is 9.51. The highest BCUT2D eigenvalue weighted by molar-refractivity contribution is 6.43. The fraction of sp³-hybridized carbons (Fsp3) is 0.412. The molecule has 0 atom stereocenters. The molecule has 0 saturated heterocycles. The minimum atomic E-state index is -0.780. The first-order valence-corrected chi connectivity index (χ1v) is 7.28. The summed E-state index contributed by atoms with van der Waals surface area (Å²) < 4.78 is 17.9. The molecule has 0 radical (unpaired) electrons. The van der Waals surface area contributed by atoms with Crippen LogP contribution in [-0.2, 0) is 14.3 Å². The third kappa shape index (κ3) is 2.19. The van der Waals surface area contributed by atoms with Gasteiger partial charge in [0.1, 0.15) is 5.82 Å². The molecule has 0 aromatic heterocycles. The Kier molecular flexibility index (Phi) is 3.40. The molecule has 0 unspecified atom stereocenters. The fourth-order valence-electron chi connectivity index (χ4n) is 3.33. The molecule has 3 nitrogen and oxygen atoms in total. The third-order valence-electron chi connectivity index (χ3n) is 4.54. The zero-order chi connectivity index (χ0) is 15.0. The Morgan fingerprint density at radius 3 is 2.43 bits per heavy atom. The number of allylic oxidation sites excluding steroid dienone is 1. The lowest BCUT2D eigenvalue weighted by Gasteiger charge is -2.51. The highest BCUT2D eigenvalue weighted by Gasteiger charge is 2.53. The number of halogens is 1. The van der Waals surface area contributed by atoms with E-state index in [4.69, 9.17) is 4.74 Å². The van der Waals surface area contributed by atoms with Crippen molar-refractivity contribution in [1.29, 1.82) is 0 Å². The zero-order valence-corrected chi connectivity index (χ0v) is 11.9. The van der Waals surface area contributed by atoms with E-state index in [2.05, 4.69) is 0 Å². The van der Waals surface area contributed by atoms with Crippen molar-refractivity contribution in [3.05, 3.63) is 41.2 Å². The number of esters is 1. The smallest absolute Gasteiger partial charge is 0.379 e. The minimum Gasteiger partial charge on any atom is -0.460 e. The summed E-state index contributed by atoms with van der Waals surface area (Å²) in [6, 6.07) is 6.07. The van der Waals surface area contributed by atoms with Crippen molar-refractivity contribution in [2.24, 2.45) is 5.41 Å². The second kappa shape index (κ2) is 5.10. The van der Waals surface area contributed by atoms with Gasteiger partial charge in [0, 0.05) is 11.0 Å². The number of carbonyl (C=O) groups excluding carboxylic acids is 2. The Morgan fingerprint density at radius 2 is 1.90 bits per heavy atom. The van der Waals surface area contributed by atoms with Crippen LogP contribution in [0.1, 0.15) is 38.2 Å². The first kappa shape index (κ1) is 14.0. The number of ketones is 1. The molecular formula is C17H17FO3. The molecular weight excluding hydrogens is 271 g/mol. The topological polar surface area (TPSA) is 43.4 Å². The van der Waals surface area contributed by atoms with E-state index in [1.165, 1.54) is 12.1 Å². The molecule has 0 aliphatic heterocycles. The van der Waals surface area contributed by atoms with E-state index in [0.717, 1.165) is 36.8 Å². The number of ether oxygens (including phenoxy) is 1. The molecule has 3 rings (SSSR count). The van der Waals surface area contributed by atoms with Crippen LogP contribution in [0.3, 0.4) is 0 Å². The number of carbonyl (C=O) groups is 2. The second-order valence-electron chi connectivity index (χ2n) is 5.72. The standard InChI is InChI=1S/C17H17FO3/c1-2-21-16(20)15(19)14-13(10-17(14)8-3-9-17)11-4-6-12(18)7-5-11/h4-7H,2-3,8-10H2,1H3. The molecule has 2 aliphatic rings. The van der Waals surface area contributed by atoms with Crippen LogP contribution >= 0.6 is 0 Å². The third-order valence-corrected chi connectivity index (χ3v) is 4.54. The highest BCUT2D eigenvalue weighted by atomic mass is 19.1. The Morgan fingerprint density at radius 1 is 1.24 bits per heavy atom. The molecule has 110 valence electrons. The van der Waals surface area contributed by atoms with E-state index < -0.39 is 11.8 Å². The number of hydrogen-bond acceptors (Lipinski definition) is 3. The van der Waals surface area contributed by atoms with Crippen LogP contribution < -0.4 is 0 Å². The van der Waals surface area contributed by atoms with Gasteiger partial charge in [0.15, 0.2) is 0 Å². The number of rotatable bonds is 4. The minimum absolute atomic E-state index is 0.131. The van der Waals surface area contributed by atoms with Crippen molar-refractivity contribution in [3.63, 3.8) is 0 Å². The molecule has 4 heteroatoms. The summed E-state index contributed by atoms with van der Waals surface area (Å²) in [6.07, 6.45) is 3.76. The largest absolute Gasteiger partial charge is 0.460 e. The SMILES string of the molecule is CCOC(=O)C(=O)C1=C(c2ccc(F)cc2)CC12CCC2. The summed E-state index contributed by atoms with van der Waals surface area (Å²) in [4.78, 5) is 24.1. The normalized spacial score (nSPS) is 19.0. The zero-order valence-electron chi connectivity index (χ0n) is 11.9. The average molecular weight is 288 g/mol. The first-order chi connectivity index (χ1) is 10.1. The fourth-order valence-corrected chi connectivity index (χ4v) is 3.33. The number of hydrogen-bond donors (Lipinski definition) is 0. The van der Waals surface area contributed by atoms with Gasteiger partial charge in [-0.15, -0.1) is 0 Å². The van der Waals surface area contributed by atoms with E-state index in [0.29, 0.717) is 5.57 Å². The summed E-state index contributed by atoms with van der Waals surface area (Å²) in [5, 5.41) is 0. The summed E-state index contributed by atoms with van der Waals surface area (Å²) in [7, 11) is 0. The van der Waals surface area contributed by atoms with Crippen molar-refractivity contribution >= 4 is 17.3 Å². The quantitative estimate of drug-likeness (QED) is 0.631. The van der Waals surface area contributed by atoms with Gasteiger partial charge in [-0.05, 0) is 49.5 Å². The monoisotopic (exact) mass is 288 g/mol. The second-order valence-corrected chi connectivity index (χ2v) is 5.72. The summed E-state index contributed by atoms with van der Waals surface area (Å²) >= 11 is 0. The highest BCUT2D eigenvalue weighted by Crippen LogP contribution is 2.62. The van der Waals surface area contributed by atoms with Crippen LogP contribution in [0, 0.1) is 11.2 Å². The molecule has 0 bridgehead atoms. The summed E-state index contributed by atoms with van der Waals surface area (Å²) in [5.41, 5.74) is 2.15. The van der Waals surface area contributed by atoms with Gasteiger partial charge in [0.25, 0.3) is 5.78 Å². The van der Waals surface area contributed by atoms with Gasteiger partial charge in [0.05, 0.1) is 6.61 Å². The van der Waals surface area contributed by atoms with Crippen molar-refractivity contribution in [2.45, 2.75) is 32.6 Å². The van der Waals surface area contributed by atoms with Gasteiger partial charge >= 0.3 is 5.97 Å². The van der Waals surface area contributed by atoms with Crippen LogP contribution in [0.15, 0.2) is 29.8 Å². The summed E-state index contributed by atoms with van der Waals surface area (Å²) in [5.74, 6) is -1.62. The summed E-state index contributed by atoms with van der Waals surface area (Å²) in [6.45, 7) is 1.87. The maximum Gasteiger partial charge on any atom is 0.379 e. The Balaban J connectivity index is 1.97. The van der Waals surface area contributed by atoms with Gasteiger partial charge in [-0.1, -0.05) is 18.6 Å². The number of benzene rings is 1. The van der Waals surface area contributed by atoms with Crippen LogP contribution in [0.5, 0.6) is 0 Å². The first-order valence-electron chi connectivity index (χ1n) is 7.28. The van der Waals surface area contributed by atoms with Gasteiger partial charge < -0.3 is 4.74 Å². The van der Waals surface area contributed by atoms with E-state index in [-0.39, 0.29) is 17.8 Å². The van der Waals surface area contributed by atoms with Crippen molar-refractivity contribution in [3.8, 4) is 0 Å². The van der Waals surface area contributed by atoms with E-state index in [1.807, 2.05) is 0 Å². The Hall–Kier alpha value is -1.97. The van der Waals surface area contributed by atoms with Crippen molar-refractivity contribution in [2.75, 3.05) is 6.61 Å². The Bertz CT molecular complexity index is 624. The van der Waals surface area contributed by atoms with E-state index in [9.17, 15) is 14.0 Å². The van der Waals surface area contributed by atoms with Crippen LogP contribution in [-0.4, -0.2) is 18.4 Å². The Labute approximate surface area is 122 Å². The predicted octanol–water partition coefficient (Wildman–Crippen LogP) is 3.29. The predicted molar refractivity (Wildman–Crippen MR) is 75.9 cm³/mol. The van der Waals surface area contributed by atoms with Gasteiger partial charge in [-0.25, -0.2) is 9.18 Å². The molecule has 2 aliphatic carbocycles. The van der Waals surface area contributed by atoms with Gasteiger partial charge in [-0.3, -0.25) is 4.79 Å². The van der Waals surface area contributed by atoms with Crippen molar-refractivity contribution in [1.82, 2.24) is 0 Å². The molecule has 1 aromatic rings. The van der Waals surface area contributed by atoms with Crippen LogP contribution in [0.4, 0.5) is 4.39 Å². The molecule has 0 heterocycles. The van der Waals surface area contributed by atoms with Gasteiger partial charge in [-0.2, -0.15) is 0 Å². The lowest BCUT2D eigenvalue weighted by Crippen LogP contribution is -2.44. The molecule has 0 N–H and O–H groups in total. The lowest BCUT2D eigenvalue weighted by molar-refractivity contribution is -0.152. The maximum atomic E-state index is 13.0. The van der Waals surface area contributed by atoms with Crippen LogP contribution in [0.2, 0.25) is 0 Å². The molecule has 1 spiro atoms. The number of Topliss-reactive ketones (excluding diaryl/α,β-unsaturated/α-hetero) is 1. The molecule has 1 aromatic carbocycles. The van der Waals surface area contributed by atoms with E-state index >= 15 is 0 Å². The van der Waals surface area contributed by atoms with Gasteiger partial charge in [0.2, 0.25) is 0 Å². The van der Waals surface area contributed by atoms with Crippen LogP contribution in [0.25, 0.3) is 5.57 Å². The maximum absolute atomic E-state index is 13.0. The molecule has 1 fully saturated rings. The molecule has 0 amide bonds. The average Bonchev–Trinajstić information content (AvgIpc) is 2.38.